The molecular weight excluding hydrogens is 564 g/mol. The second-order valence-corrected chi connectivity index (χ2v) is 10.0. The predicted octanol–water partition coefficient (Wildman–Crippen LogP) is 3.31. The van der Waals surface area contributed by atoms with E-state index in [0.717, 1.165) is 5.56 Å². The normalized spacial score (nSPS) is 16.4. The molecule has 1 unspecified atom stereocenters. The first-order valence-electron chi connectivity index (χ1n) is 11.4. The molecule has 37 heavy (non-hydrogen) atoms. The summed E-state index contributed by atoms with van der Waals surface area (Å²) >= 11 is 4.84. The summed E-state index contributed by atoms with van der Waals surface area (Å²) in [4.78, 5) is 32.1. The van der Waals surface area contributed by atoms with E-state index in [4.69, 9.17) is 23.7 Å². The lowest BCUT2D eigenvalue weighted by Crippen LogP contribution is -2.40. The van der Waals surface area contributed by atoms with Crippen LogP contribution in [0.5, 0.6) is 23.0 Å². The van der Waals surface area contributed by atoms with Gasteiger partial charge in [-0.3, -0.25) is 9.36 Å². The lowest BCUT2D eigenvalue weighted by atomic mass is 9.95. The van der Waals surface area contributed by atoms with Crippen LogP contribution >= 0.6 is 27.3 Å². The maximum absolute atomic E-state index is 13.8. The van der Waals surface area contributed by atoms with Gasteiger partial charge < -0.3 is 23.7 Å². The molecule has 0 bridgehead atoms. The van der Waals surface area contributed by atoms with Crippen molar-refractivity contribution >= 4 is 39.3 Å². The van der Waals surface area contributed by atoms with Crippen molar-refractivity contribution < 1.29 is 28.5 Å². The summed E-state index contributed by atoms with van der Waals surface area (Å²) in [7, 11) is 3.07. The van der Waals surface area contributed by atoms with Crippen molar-refractivity contribution in [3.05, 3.63) is 76.9 Å². The van der Waals surface area contributed by atoms with E-state index in [1.807, 2.05) is 12.1 Å². The zero-order valence-corrected chi connectivity index (χ0v) is 22.9. The van der Waals surface area contributed by atoms with Crippen molar-refractivity contribution in [3.8, 4) is 23.0 Å². The first-order chi connectivity index (χ1) is 17.9. The van der Waals surface area contributed by atoms with Gasteiger partial charge in [-0.05, 0) is 55.3 Å². The van der Waals surface area contributed by atoms with E-state index in [2.05, 4.69) is 20.9 Å². The molecule has 2 aliphatic rings. The van der Waals surface area contributed by atoms with Crippen LogP contribution in [0.2, 0.25) is 0 Å². The van der Waals surface area contributed by atoms with Gasteiger partial charge in [-0.25, -0.2) is 9.79 Å². The third-order valence-electron chi connectivity index (χ3n) is 6.01. The Balaban J connectivity index is 1.74. The van der Waals surface area contributed by atoms with Crippen molar-refractivity contribution in [1.29, 1.82) is 0 Å². The second-order valence-electron chi connectivity index (χ2n) is 8.14. The first-order valence-corrected chi connectivity index (χ1v) is 13.0. The summed E-state index contributed by atoms with van der Waals surface area (Å²) in [5.74, 6) is 1.70. The Morgan fingerprint density at radius 2 is 1.92 bits per heavy atom. The molecule has 1 aromatic heterocycles. The van der Waals surface area contributed by atoms with Crippen molar-refractivity contribution in [1.82, 2.24) is 4.57 Å². The van der Waals surface area contributed by atoms with Gasteiger partial charge in [-0.1, -0.05) is 33.3 Å². The number of ether oxygens (including phenoxy) is 5. The predicted molar refractivity (Wildman–Crippen MR) is 140 cm³/mol. The van der Waals surface area contributed by atoms with Gasteiger partial charge in [-0.15, -0.1) is 0 Å². The van der Waals surface area contributed by atoms with Crippen LogP contribution in [0.15, 0.2) is 55.9 Å². The molecule has 0 fully saturated rings. The topological polar surface area (TPSA) is 97.6 Å². The highest BCUT2D eigenvalue weighted by Crippen LogP contribution is 2.41. The Bertz CT molecular complexity index is 1620. The number of halogens is 1. The third kappa shape index (κ3) is 4.42. The minimum absolute atomic E-state index is 0.164. The van der Waals surface area contributed by atoms with E-state index >= 15 is 0 Å². The Kier molecular flexibility index (Phi) is 6.82. The number of rotatable bonds is 6. The molecule has 0 amide bonds. The molecule has 11 heteroatoms. The fourth-order valence-corrected chi connectivity index (χ4v) is 5.91. The number of fused-ring (bicyclic) bond motifs is 2. The molecule has 9 nitrogen and oxygen atoms in total. The van der Waals surface area contributed by atoms with Crippen LogP contribution in [0.25, 0.3) is 6.08 Å². The molecule has 0 saturated heterocycles. The number of allylic oxidation sites excluding steroid dienone is 1. The van der Waals surface area contributed by atoms with Crippen LogP contribution < -0.4 is 33.8 Å². The Morgan fingerprint density at radius 3 is 2.65 bits per heavy atom. The number of hydrogen-bond acceptors (Lipinski definition) is 9. The maximum Gasteiger partial charge on any atom is 0.338 e. The summed E-state index contributed by atoms with van der Waals surface area (Å²) in [6.45, 7) is 3.82. The fraction of sp³-hybridized carbons (Fsp3) is 0.269. The summed E-state index contributed by atoms with van der Waals surface area (Å²) in [5.41, 5.74) is 1.87. The van der Waals surface area contributed by atoms with Gasteiger partial charge >= 0.3 is 5.97 Å². The van der Waals surface area contributed by atoms with E-state index in [9.17, 15) is 9.59 Å². The first kappa shape index (κ1) is 25.1. The highest BCUT2D eigenvalue weighted by Gasteiger charge is 2.35. The molecule has 0 aliphatic carbocycles. The number of esters is 1. The summed E-state index contributed by atoms with van der Waals surface area (Å²) < 4.78 is 29.8. The van der Waals surface area contributed by atoms with Crippen LogP contribution in [0.1, 0.15) is 31.0 Å². The van der Waals surface area contributed by atoms with Crippen LogP contribution in [0, 0.1) is 0 Å². The van der Waals surface area contributed by atoms with Crippen LogP contribution in [-0.2, 0) is 9.53 Å². The zero-order valence-electron chi connectivity index (χ0n) is 20.5. The van der Waals surface area contributed by atoms with Gasteiger partial charge in [0.1, 0.15) is 0 Å². The molecule has 1 atom stereocenters. The smallest absolute Gasteiger partial charge is 0.338 e. The van der Waals surface area contributed by atoms with E-state index in [1.54, 1.807) is 38.1 Å². The fourth-order valence-electron chi connectivity index (χ4n) is 4.32. The second kappa shape index (κ2) is 10.1. The van der Waals surface area contributed by atoms with E-state index in [0.29, 0.717) is 48.1 Å². The molecule has 192 valence electrons. The molecule has 2 aromatic carbocycles. The van der Waals surface area contributed by atoms with Gasteiger partial charge in [0.25, 0.3) is 5.56 Å². The molecule has 0 saturated carbocycles. The van der Waals surface area contributed by atoms with Crippen LogP contribution in [0.4, 0.5) is 0 Å². The number of nitrogens with zero attached hydrogens (tertiary/aromatic N) is 2. The van der Waals surface area contributed by atoms with Gasteiger partial charge in [0.2, 0.25) is 6.79 Å². The third-order valence-corrected chi connectivity index (χ3v) is 7.68. The minimum Gasteiger partial charge on any atom is -0.493 e. The number of thiazole rings is 1. The van der Waals surface area contributed by atoms with E-state index in [1.165, 1.54) is 30.1 Å². The van der Waals surface area contributed by atoms with Gasteiger partial charge in [0.05, 0.1) is 42.7 Å². The van der Waals surface area contributed by atoms with E-state index in [-0.39, 0.29) is 24.5 Å². The van der Waals surface area contributed by atoms with Crippen molar-refractivity contribution in [2.24, 2.45) is 4.99 Å². The average Bonchev–Trinajstić information content (AvgIpc) is 3.47. The van der Waals surface area contributed by atoms with Crippen LogP contribution in [0.3, 0.4) is 0 Å². The van der Waals surface area contributed by atoms with Gasteiger partial charge in [-0.2, -0.15) is 0 Å². The van der Waals surface area contributed by atoms with Gasteiger partial charge in [0.15, 0.2) is 27.8 Å². The number of carbonyl (C=O) groups excluding carboxylic acids is 1. The summed E-state index contributed by atoms with van der Waals surface area (Å²) in [6.07, 6.45) is 1.77. The Labute approximate surface area is 224 Å². The molecule has 3 heterocycles. The monoisotopic (exact) mass is 586 g/mol. The van der Waals surface area contributed by atoms with Crippen molar-refractivity contribution in [2.75, 3.05) is 27.6 Å². The molecule has 5 rings (SSSR count). The molecule has 0 N–H and O–H groups in total. The number of hydrogen-bond donors (Lipinski definition) is 0. The highest BCUT2D eigenvalue weighted by molar-refractivity contribution is 9.10. The van der Waals surface area contributed by atoms with Crippen molar-refractivity contribution in [2.45, 2.75) is 19.9 Å². The Hall–Kier alpha value is -3.57. The standard InChI is InChI=1S/C26H23BrN2O7S/c1-5-34-25(31)22-13(2)28-26-29(23(22)15-10-18(32-3)19(33-4)11-16(15)27)24(30)21(37-26)9-14-6-7-17-20(8-14)36-12-35-17/h6-11,23H,5,12H2,1-4H3/b21-9+. The summed E-state index contributed by atoms with van der Waals surface area (Å²) in [5, 5.41) is 0. The zero-order chi connectivity index (χ0) is 26.3. The number of methoxy groups -OCH3 is 2. The minimum atomic E-state index is -0.802. The maximum atomic E-state index is 13.8. The van der Waals surface area contributed by atoms with Crippen molar-refractivity contribution in [3.63, 3.8) is 0 Å². The number of aromatic nitrogens is 1. The quantitative estimate of drug-likeness (QED) is 0.409. The summed E-state index contributed by atoms with van der Waals surface area (Å²) in [6, 6.07) is 8.16. The highest BCUT2D eigenvalue weighted by atomic mass is 79.9. The van der Waals surface area contributed by atoms with Crippen LogP contribution in [-0.4, -0.2) is 38.2 Å². The lowest BCUT2D eigenvalue weighted by molar-refractivity contribution is -0.139. The Morgan fingerprint density at radius 1 is 1.19 bits per heavy atom. The largest absolute Gasteiger partial charge is 0.493 e. The molecular formula is C26H23BrN2O7S. The molecule has 2 aliphatic heterocycles. The number of benzene rings is 2. The number of carbonyl (C=O) groups is 1. The molecule has 0 radical (unpaired) electrons. The van der Waals surface area contributed by atoms with E-state index < -0.39 is 12.0 Å². The SMILES string of the molecule is CCOC(=O)C1=C(C)N=c2s/c(=C/c3ccc4c(c3)OCO4)c(=O)n2C1c1cc(OC)c(OC)cc1Br. The van der Waals surface area contributed by atoms with Gasteiger partial charge in [0, 0.05) is 4.47 Å². The molecule has 3 aromatic rings. The molecule has 0 spiro atoms. The lowest BCUT2D eigenvalue weighted by Gasteiger charge is -2.26. The average molecular weight is 587 g/mol.